The van der Waals surface area contributed by atoms with Crippen molar-refractivity contribution in [2.24, 2.45) is 0 Å². The standard InChI is InChI=1S/C42H77NO6S/c1-3-5-7-9-11-13-15-16-17-18-19-20-21-22-23-24-25-27-29-31-33-35-37-41(45)42(46)43-39(38-50(47,48)49)40(44)36-34-32-30-28-26-14-12-10-8-6-4-2/h19-20,22-23,26,28,34,36,39-41,44-45H,3-18,21,24-25,27,29-33,35,37-38H2,1-2H3,(H,43,46)(H,47,48,49)/b20-19-,23-22-,28-26+,36-34+. The van der Waals surface area contributed by atoms with Gasteiger partial charge >= 0.3 is 0 Å². The van der Waals surface area contributed by atoms with E-state index in [1.54, 1.807) is 6.08 Å². The van der Waals surface area contributed by atoms with E-state index >= 15 is 0 Å². The van der Waals surface area contributed by atoms with Gasteiger partial charge in [0.1, 0.15) is 6.10 Å². The number of unbranched alkanes of at least 4 members (excludes halogenated alkanes) is 21. The van der Waals surface area contributed by atoms with Gasteiger partial charge in [-0.2, -0.15) is 8.42 Å². The van der Waals surface area contributed by atoms with E-state index < -0.39 is 40.0 Å². The number of carbonyl (C=O) groups is 1. The van der Waals surface area contributed by atoms with E-state index in [1.165, 1.54) is 102 Å². The molecule has 3 unspecified atom stereocenters. The molecule has 0 aromatic carbocycles. The van der Waals surface area contributed by atoms with Crippen molar-refractivity contribution in [3.63, 3.8) is 0 Å². The molecule has 0 aromatic heterocycles. The SMILES string of the molecule is CCCCCCC/C=C/CC/C=C/C(O)C(CS(=O)(=O)O)NC(=O)C(O)CCCCCCCC/C=C\C/C=C\CCCCCCCCCCC. The molecule has 1 amide bonds. The highest BCUT2D eigenvalue weighted by Gasteiger charge is 2.27. The van der Waals surface area contributed by atoms with Crippen LogP contribution in [-0.2, 0) is 14.9 Å². The largest absolute Gasteiger partial charge is 0.387 e. The number of amides is 1. The van der Waals surface area contributed by atoms with Gasteiger partial charge in [0.2, 0.25) is 5.91 Å². The molecule has 0 aliphatic carbocycles. The summed E-state index contributed by atoms with van der Waals surface area (Å²) in [6.45, 7) is 4.47. The summed E-state index contributed by atoms with van der Waals surface area (Å²) in [7, 11) is -4.45. The van der Waals surface area contributed by atoms with Crippen LogP contribution >= 0.6 is 0 Å². The lowest BCUT2D eigenvalue weighted by atomic mass is 10.0. The Labute approximate surface area is 308 Å². The third kappa shape index (κ3) is 34.7. The minimum absolute atomic E-state index is 0.261. The Bertz CT molecular complexity index is 990. The van der Waals surface area contributed by atoms with Crippen LogP contribution in [0.25, 0.3) is 0 Å². The van der Waals surface area contributed by atoms with Crippen molar-refractivity contribution in [1.82, 2.24) is 5.32 Å². The highest BCUT2D eigenvalue weighted by Crippen LogP contribution is 2.13. The Morgan fingerprint density at radius 3 is 1.44 bits per heavy atom. The molecule has 0 bridgehead atoms. The van der Waals surface area contributed by atoms with Crippen molar-refractivity contribution in [1.29, 1.82) is 0 Å². The first kappa shape index (κ1) is 48.3. The van der Waals surface area contributed by atoms with Gasteiger partial charge in [-0.05, 0) is 64.2 Å². The number of aliphatic hydroxyl groups is 2. The van der Waals surface area contributed by atoms with Gasteiger partial charge in [0.15, 0.2) is 0 Å². The maximum Gasteiger partial charge on any atom is 0.267 e. The predicted molar refractivity (Wildman–Crippen MR) is 213 cm³/mol. The number of hydrogen-bond donors (Lipinski definition) is 4. The molecule has 0 saturated carbocycles. The Morgan fingerprint density at radius 2 is 0.960 bits per heavy atom. The third-order valence-electron chi connectivity index (χ3n) is 9.09. The summed E-state index contributed by atoms with van der Waals surface area (Å²) in [6.07, 6.45) is 44.6. The minimum Gasteiger partial charge on any atom is -0.387 e. The first-order valence-electron chi connectivity index (χ1n) is 20.4. The second-order valence-electron chi connectivity index (χ2n) is 14.0. The summed E-state index contributed by atoms with van der Waals surface area (Å²) in [5.74, 6) is -1.57. The first-order chi connectivity index (χ1) is 24.2. The molecule has 0 saturated heterocycles. The zero-order valence-corrected chi connectivity index (χ0v) is 32.9. The van der Waals surface area contributed by atoms with Crippen LogP contribution in [0, 0.1) is 0 Å². The van der Waals surface area contributed by atoms with Crippen LogP contribution in [0.15, 0.2) is 48.6 Å². The maximum absolute atomic E-state index is 12.6. The van der Waals surface area contributed by atoms with Crippen LogP contribution < -0.4 is 5.32 Å². The molecule has 3 atom stereocenters. The summed E-state index contributed by atoms with van der Waals surface area (Å²) in [4.78, 5) is 12.6. The van der Waals surface area contributed by atoms with Gasteiger partial charge in [0.05, 0.1) is 17.9 Å². The molecule has 7 nitrogen and oxygen atoms in total. The van der Waals surface area contributed by atoms with Crippen LogP contribution in [0.4, 0.5) is 0 Å². The average molecular weight is 724 g/mol. The van der Waals surface area contributed by atoms with Crippen LogP contribution in [0.5, 0.6) is 0 Å². The summed E-state index contributed by atoms with van der Waals surface area (Å²) in [5, 5.41) is 23.3. The lowest BCUT2D eigenvalue weighted by Gasteiger charge is -2.22. The number of aliphatic hydroxyl groups excluding tert-OH is 2. The van der Waals surface area contributed by atoms with E-state index in [4.69, 9.17) is 0 Å². The fourth-order valence-corrected chi connectivity index (χ4v) is 6.65. The average Bonchev–Trinajstić information content (AvgIpc) is 3.08. The zero-order chi connectivity index (χ0) is 37.0. The fraction of sp³-hybridized carbons (Fsp3) is 0.786. The Hall–Kier alpha value is -1.74. The van der Waals surface area contributed by atoms with E-state index in [1.807, 2.05) is 0 Å². The molecule has 50 heavy (non-hydrogen) atoms. The quantitative estimate of drug-likeness (QED) is 0.0290. The van der Waals surface area contributed by atoms with Crippen LogP contribution in [0.2, 0.25) is 0 Å². The minimum atomic E-state index is -4.45. The topological polar surface area (TPSA) is 124 Å². The molecular weight excluding hydrogens is 647 g/mol. The molecule has 8 heteroatoms. The summed E-state index contributed by atoms with van der Waals surface area (Å²) < 4.78 is 32.4. The molecule has 0 aliphatic heterocycles. The van der Waals surface area contributed by atoms with E-state index in [0.29, 0.717) is 12.8 Å². The molecule has 292 valence electrons. The number of rotatable bonds is 36. The Balaban J connectivity index is 4.03. The summed E-state index contributed by atoms with van der Waals surface area (Å²) >= 11 is 0. The van der Waals surface area contributed by atoms with Crippen molar-refractivity contribution in [2.45, 2.75) is 205 Å². The second-order valence-corrected chi connectivity index (χ2v) is 15.5. The normalized spacial score (nSPS) is 14.4. The molecule has 0 aliphatic rings. The van der Waals surface area contributed by atoms with Gasteiger partial charge in [-0.15, -0.1) is 0 Å². The predicted octanol–water partition coefficient (Wildman–Crippen LogP) is 10.9. The van der Waals surface area contributed by atoms with Crippen molar-refractivity contribution < 1.29 is 28.0 Å². The maximum atomic E-state index is 12.6. The molecule has 4 N–H and O–H groups in total. The summed E-state index contributed by atoms with van der Waals surface area (Å²) in [6, 6.07) is -1.25. The molecule has 0 heterocycles. The number of hydrogen-bond acceptors (Lipinski definition) is 5. The smallest absolute Gasteiger partial charge is 0.267 e. The molecule has 0 aromatic rings. The van der Waals surface area contributed by atoms with Gasteiger partial charge in [0.25, 0.3) is 10.1 Å². The third-order valence-corrected chi connectivity index (χ3v) is 9.87. The van der Waals surface area contributed by atoms with Crippen molar-refractivity contribution in [3.05, 3.63) is 48.6 Å². The lowest BCUT2D eigenvalue weighted by molar-refractivity contribution is -0.130. The highest BCUT2D eigenvalue weighted by molar-refractivity contribution is 7.85. The van der Waals surface area contributed by atoms with Gasteiger partial charge in [-0.3, -0.25) is 9.35 Å². The van der Waals surface area contributed by atoms with Crippen molar-refractivity contribution in [2.75, 3.05) is 5.75 Å². The molecular formula is C42H77NO6S. The summed E-state index contributed by atoms with van der Waals surface area (Å²) in [5.41, 5.74) is 0. The van der Waals surface area contributed by atoms with Crippen LogP contribution in [-0.4, -0.2) is 53.1 Å². The van der Waals surface area contributed by atoms with Crippen molar-refractivity contribution >= 4 is 16.0 Å². The van der Waals surface area contributed by atoms with E-state index in [-0.39, 0.29) is 6.42 Å². The van der Waals surface area contributed by atoms with Gasteiger partial charge < -0.3 is 15.5 Å². The molecule has 0 radical (unpaired) electrons. The molecule has 0 fully saturated rings. The van der Waals surface area contributed by atoms with Crippen molar-refractivity contribution in [3.8, 4) is 0 Å². The van der Waals surface area contributed by atoms with Crippen LogP contribution in [0.1, 0.15) is 187 Å². The number of carbonyl (C=O) groups excluding carboxylic acids is 1. The van der Waals surface area contributed by atoms with E-state index in [9.17, 15) is 28.0 Å². The monoisotopic (exact) mass is 724 g/mol. The van der Waals surface area contributed by atoms with E-state index in [2.05, 4.69) is 55.6 Å². The Morgan fingerprint density at radius 1 is 0.560 bits per heavy atom. The van der Waals surface area contributed by atoms with Gasteiger partial charge in [-0.25, -0.2) is 0 Å². The number of allylic oxidation sites excluding steroid dienone is 7. The zero-order valence-electron chi connectivity index (χ0n) is 32.1. The van der Waals surface area contributed by atoms with Gasteiger partial charge in [-0.1, -0.05) is 172 Å². The molecule has 0 rings (SSSR count). The highest BCUT2D eigenvalue weighted by atomic mass is 32.2. The molecule has 0 spiro atoms. The number of nitrogens with one attached hydrogen (secondary N) is 1. The van der Waals surface area contributed by atoms with Crippen LogP contribution in [0.3, 0.4) is 0 Å². The van der Waals surface area contributed by atoms with E-state index in [0.717, 1.165) is 57.8 Å². The second kappa shape index (κ2) is 35.7. The fourth-order valence-electron chi connectivity index (χ4n) is 5.91. The first-order valence-corrected chi connectivity index (χ1v) is 22.1. The van der Waals surface area contributed by atoms with Gasteiger partial charge in [0, 0.05) is 0 Å². The Kier molecular flexibility index (Phi) is 34.4. The lowest BCUT2D eigenvalue weighted by Crippen LogP contribution is -2.50.